The van der Waals surface area contributed by atoms with E-state index in [1.807, 2.05) is 50.3 Å². The van der Waals surface area contributed by atoms with Crippen molar-refractivity contribution in [1.29, 1.82) is 0 Å². The number of rotatable bonds is 7. The Kier molecular flexibility index (Phi) is 6.77. The van der Waals surface area contributed by atoms with Crippen LogP contribution in [0.25, 0.3) is 6.08 Å². The Labute approximate surface area is 171 Å². The van der Waals surface area contributed by atoms with Crippen LogP contribution in [0.15, 0.2) is 54.9 Å². The number of carbonyl (C=O) groups excluding carboxylic acids is 2. The summed E-state index contributed by atoms with van der Waals surface area (Å²) in [5.74, 6) is -0.257. The normalized spacial score (nSPS) is 21.1. The molecule has 6 heteroatoms. The number of hydrogen-bond acceptors (Lipinski definition) is 4. The Bertz CT molecular complexity index is 865. The number of pyridine rings is 1. The van der Waals surface area contributed by atoms with E-state index >= 15 is 0 Å². The van der Waals surface area contributed by atoms with E-state index in [0.717, 1.165) is 11.1 Å². The highest BCUT2D eigenvalue weighted by Gasteiger charge is 2.50. The van der Waals surface area contributed by atoms with E-state index in [0.29, 0.717) is 18.5 Å². The molecule has 2 N–H and O–H groups in total. The molecule has 1 fully saturated rings. The van der Waals surface area contributed by atoms with Crippen molar-refractivity contribution in [3.63, 3.8) is 0 Å². The highest BCUT2D eigenvalue weighted by Crippen LogP contribution is 2.41. The van der Waals surface area contributed by atoms with Gasteiger partial charge in [-0.25, -0.2) is 0 Å². The fourth-order valence-corrected chi connectivity index (χ4v) is 3.99. The summed E-state index contributed by atoms with van der Waals surface area (Å²) in [5.41, 5.74) is 2.68. The third-order valence-corrected chi connectivity index (χ3v) is 5.42. The van der Waals surface area contributed by atoms with Gasteiger partial charge in [-0.2, -0.15) is 0 Å². The Morgan fingerprint density at radius 2 is 1.83 bits per heavy atom. The van der Waals surface area contributed by atoms with E-state index in [2.05, 4.69) is 10.3 Å². The largest absolute Gasteiger partial charge is 0.394 e. The first-order chi connectivity index (χ1) is 14.1. The van der Waals surface area contributed by atoms with Gasteiger partial charge >= 0.3 is 0 Å². The van der Waals surface area contributed by atoms with Crippen LogP contribution >= 0.6 is 0 Å². The molecule has 1 aliphatic rings. The monoisotopic (exact) mass is 393 g/mol. The first-order valence-corrected chi connectivity index (χ1v) is 9.93. The summed E-state index contributed by atoms with van der Waals surface area (Å²) in [6.45, 7) is 3.99. The van der Waals surface area contributed by atoms with Crippen molar-refractivity contribution >= 4 is 17.9 Å². The molecule has 0 unspecified atom stereocenters. The van der Waals surface area contributed by atoms with Gasteiger partial charge in [-0.15, -0.1) is 0 Å². The predicted molar refractivity (Wildman–Crippen MR) is 112 cm³/mol. The molecule has 0 aliphatic carbocycles. The minimum absolute atomic E-state index is 0.0194. The van der Waals surface area contributed by atoms with Crippen LogP contribution in [0.2, 0.25) is 0 Å². The fourth-order valence-electron chi connectivity index (χ4n) is 3.99. The fraction of sp³-hybridized carbons (Fsp3) is 0.348. The van der Waals surface area contributed by atoms with E-state index in [1.165, 1.54) is 0 Å². The Hall–Kier alpha value is -2.99. The molecule has 1 saturated heterocycles. The second-order valence-corrected chi connectivity index (χ2v) is 7.11. The van der Waals surface area contributed by atoms with Gasteiger partial charge in [-0.3, -0.25) is 14.6 Å². The van der Waals surface area contributed by atoms with Gasteiger partial charge in [0.05, 0.1) is 18.7 Å². The van der Waals surface area contributed by atoms with Crippen molar-refractivity contribution < 1.29 is 14.7 Å². The van der Waals surface area contributed by atoms with Crippen LogP contribution < -0.4 is 5.32 Å². The molecule has 0 spiro atoms. The number of aliphatic hydroxyl groups excluding tert-OH is 1. The van der Waals surface area contributed by atoms with E-state index in [9.17, 15) is 14.7 Å². The molecule has 6 nitrogen and oxygen atoms in total. The number of likely N-dealkylation sites (tertiary alicyclic amines) is 1. The first-order valence-electron chi connectivity index (χ1n) is 9.93. The van der Waals surface area contributed by atoms with Gasteiger partial charge in [0.1, 0.15) is 0 Å². The minimum atomic E-state index is -0.280. The number of aliphatic hydroxyl groups is 1. The lowest BCUT2D eigenvalue weighted by Gasteiger charge is -2.55. The van der Waals surface area contributed by atoms with Gasteiger partial charge in [0.15, 0.2) is 0 Å². The van der Waals surface area contributed by atoms with E-state index in [1.54, 1.807) is 29.4 Å². The Morgan fingerprint density at radius 3 is 2.41 bits per heavy atom. The van der Waals surface area contributed by atoms with Gasteiger partial charge < -0.3 is 15.3 Å². The zero-order valence-electron chi connectivity index (χ0n) is 16.8. The van der Waals surface area contributed by atoms with Crippen molar-refractivity contribution in [1.82, 2.24) is 15.2 Å². The minimum Gasteiger partial charge on any atom is -0.394 e. The lowest BCUT2D eigenvalue weighted by atomic mass is 9.74. The molecule has 2 aromatic rings. The maximum atomic E-state index is 12.5. The zero-order chi connectivity index (χ0) is 20.8. The smallest absolute Gasteiger partial charge is 0.251 e. The topological polar surface area (TPSA) is 82.5 Å². The SMILES string of the molecule is C/C=C/c1ccc([C@@H]2[C@H](CO)N(C(=O)CC)[C@H]2CNC(=O)c2ccncc2)cc1. The second kappa shape index (κ2) is 9.47. The molecule has 29 heavy (non-hydrogen) atoms. The molecule has 1 aliphatic heterocycles. The molecule has 1 aromatic heterocycles. The average Bonchev–Trinajstić information content (AvgIpc) is 2.75. The van der Waals surface area contributed by atoms with Crippen molar-refractivity contribution in [2.75, 3.05) is 13.2 Å². The standard InChI is InChI=1S/C23H27N3O3/c1-3-5-16-6-8-17(9-7-16)22-19(26(20(22)15-27)21(28)4-2)14-25-23(29)18-10-12-24-13-11-18/h3,5-13,19-20,22,27H,4,14-15H2,1-2H3,(H,25,29)/b5-3+/t19-,20-,22-/m0/s1. The maximum Gasteiger partial charge on any atom is 0.251 e. The molecule has 0 bridgehead atoms. The number of benzene rings is 1. The van der Waals surface area contributed by atoms with Gasteiger partial charge in [0.25, 0.3) is 5.91 Å². The van der Waals surface area contributed by atoms with E-state index < -0.39 is 0 Å². The first kappa shape index (κ1) is 20.7. The summed E-state index contributed by atoms with van der Waals surface area (Å²) in [7, 11) is 0. The molecule has 0 radical (unpaired) electrons. The molecule has 1 aromatic carbocycles. The predicted octanol–water partition coefficient (Wildman–Crippen LogP) is 2.61. The summed E-state index contributed by atoms with van der Waals surface area (Å²) in [6, 6.07) is 11.0. The summed E-state index contributed by atoms with van der Waals surface area (Å²) < 4.78 is 0. The number of nitrogens with one attached hydrogen (secondary N) is 1. The second-order valence-electron chi connectivity index (χ2n) is 7.11. The average molecular weight is 393 g/mol. The van der Waals surface area contributed by atoms with Gasteiger partial charge in [0, 0.05) is 36.8 Å². The summed E-state index contributed by atoms with van der Waals surface area (Å²) in [4.78, 5) is 30.6. The molecular weight excluding hydrogens is 366 g/mol. The van der Waals surface area contributed by atoms with Crippen molar-refractivity contribution in [3.8, 4) is 0 Å². The Balaban J connectivity index is 1.80. The number of nitrogens with zero attached hydrogens (tertiary/aromatic N) is 2. The maximum absolute atomic E-state index is 12.5. The van der Waals surface area contributed by atoms with Crippen LogP contribution in [0.5, 0.6) is 0 Å². The summed E-state index contributed by atoms with van der Waals surface area (Å²) in [5, 5.41) is 12.9. The molecule has 2 amide bonds. The summed E-state index contributed by atoms with van der Waals surface area (Å²) in [6.07, 6.45) is 7.50. The van der Waals surface area contributed by atoms with Crippen LogP contribution in [0.1, 0.15) is 47.7 Å². The number of aromatic nitrogens is 1. The van der Waals surface area contributed by atoms with Gasteiger partial charge in [-0.1, -0.05) is 43.3 Å². The van der Waals surface area contributed by atoms with Crippen molar-refractivity contribution in [2.24, 2.45) is 0 Å². The molecule has 0 saturated carbocycles. The van der Waals surface area contributed by atoms with Crippen LogP contribution in [-0.4, -0.2) is 52.0 Å². The number of allylic oxidation sites excluding steroid dienone is 1. The quantitative estimate of drug-likeness (QED) is 0.758. The van der Waals surface area contributed by atoms with Crippen LogP contribution in [0, 0.1) is 0 Å². The third-order valence-electron chi connectivity index (χ3n) is 5.42. The third kappa shape index (κ3) is 4.38. The highest BCUT2D eigenvalue weighted by atomic mass is 16.3. The van der Waals surface area contributed by atoms with Crippen molar-refractivity contribution in [2.45, 2.75) is 38.3 Å². The van der Waals surface area contributed by atoms with E-state index in [-0.39, 0.29) is 36.4 Å². The van der Waals surface area contributed by atoms with Crippen LogP contribution in [0.4, 0.5) is 0 Å². The lowest BCUT2D eigenvalue weighted by Crippen LogP contribution is -2.68. The number of carbonyl (C=O) groups is 2. The zero-order valence-corrected chi connectivity index (χ0v) is 16.8. The van der Waals surface area contributed by atoms with Crippen molar-refractivity contribution in [3.05, 3.63) is 71.6 Å². The Morgan fingerprint density at radius 1 is 1.14 bits per heavy atom. The molecular formula is C23H27N3O3. The molecule has 3 atom stereocenters. The van der Waals surface area contributed by atoms with Gasteiger partial charge in [0.2, 0.25) is 5.91 Å². The van der Waals surface area contributed by atoms with Crippen LogP contribution in [0.3, 0.4) is 0 Å². The van der Waals surface area contributed by atoms with Gasteiger partial charge in [-0.05, 0) is 30.2 Å². The number of hydrogen-bond donors (Lipinski definition) is 2. The lowest BCUT2D eigenvalue weighted by molar-refractivity contribution is -0.149. The molecule has 152 valence electrons. The highest BCUT2D eigenvalue weighted by molar-refractivity contribution is 5.94. The summed E-state index contributed by atoms with van der Waals surface area (Å²) >= 11 is 0. The molecule has 2 heterocycles. The van der Waals surface area contributed by atoms with Crippen LogP contribution in [-0.2, 0) is 4.79 Å². The number of amides is 2. The van der Waals surface area contributed by atoms with E-state index in [4.69, 9.17) is 0 Å². The molecule has 3 rings (SSSR count).